The SMILES string of the molecule is Cc1cc(-n2c(C)nc3ccccc3c2=O)ccc1NC(=O)c1ccc(Cl)c([N+](=O)[O-])c1. The van der Waals surface area contributed by atoms with Gasteiger partial charge in [-0.15, -0.1) is 0 Å². The number of benzene rings is 3. The number of aromatic nitrogens is 2. The highest BCUT2D eigenvalue weighted by Gasteiger charge is 2.17. The molecule has 0 aliphatic rings. The van der Waals surface area contributed by atoms with E-state index < -0.39 is 10.8 Å². The van der Waals surface area contributed by atoms with Crippen LogP contribution in [0.5, 0.6) is 0 Å². The van der Waals surface area contributed by atoms with Crippen molar-refractivity contribution in [3.05, 3.63) is 103 Å². The van der Waals surface area contributed by atoms with Gasteiger partial charge >= 0.3 is 0 Å². The van der Waals surface area contributed by atoms with Crippen LogP contribution in [0.15, 0.2) is 65.5 Å². The lowest BCUT2D eigenvalue weighted by atomic mass is 10.1. The van der Waals surface area contributed by atoms with E-state index in [0.29, 0.717) is 33.7 Å². The van der Waals surface area contributed by atoms with Crippen molar-refractivity contribution >= 4 is 39.8 Å². The average Bonchev–Trinajstić information content (AvgIpc) is 2.75. The highest BCUT2D eigenvalue weighted by molar-refractivity contribution is 6.32. The number of nitrogens with one attached hydrogen (secondary N) is 1. The van der Waals surface area contributed by atoms with Crippen molar-refractivity contribution < 1.29 is 9.72 Å². The molecule has 8 nitrogen and oxygen atoms in total. The minimum atomic E-state index is -0.642. The number of para-hydroxylation sites is 1. The predicted octanol–water partition coefficient (Wildman–Crippen LogP) is 4.82. The van der Waals surface area contributed by atoms with Crippen LogP contribution < -0.4 is 10.9 Å². The van der Waals surface area contributed by atoms with E-state index in [1.54, 1.807) is 50.2 Å². The number of fused-ring (bicyclic) bond motifs is 1. The lowest BCUT2D eigenvalue weighted by Gasteiger charge is -2.14. The molecule has 4 rings (SSSR count). The number of rotatable bonds is 4. The molecule has 0 bridgehead atoms. The average molecular weight is 449 g/mol. The standard InChI is InChI=1S/C23H17ClN4O4/c1-13-11-16(27-14(2)25-20-6-4-3-5-17(20)23(27)30)8-10-19(13)26-22(29)15-7-9-18(24)21(12-15)28(31)32/h3-12H,1-2H3,(H,26,29). The molecule has 1 aromatic heterocycles. The number of nitro benzene ring substituents is 1. The summed E-state index contributed by atoms with van der Waals surface area (Å²) < 4.78 is 1.52. The summed E-state index contributed by atoms with van der Waals surface area (Å²) >= 11 is 5.81. The van der Waals surface area contributed by atoms with Gasteiger partial charge in [-0.2, -0.15) is 0 Å². The zero-order valence-electron chi connectivity index (χ0n) is 17.1. The smallest absolute Gasteiger partial charge is 0.288 e. The summed E-state index contributed by atoms with van der Waals surface area (Å²) in [6, 6.07) is 16.1. The van der Waals surface area contributed by atoms with Crippen LogP contribution in [0.25, 0.3) is 16.6 Å². The number of nitro groups is 1. The molecule has 0 atom stereocenters. The van der Waals surface area contributed by atoms with Gasteiger partial charge in [-0.25, -0.2) is 4.98 Å². The number of carbonyl (C=O) groups is 1. The summed E-state index contributed by atoms with van der Waals surface area (Å²) in [4.78, 5) is 40.6. The fraction of sp³-hybridized carbons (Fsp3) is 0.0870. The Morgan fingerprint density at radius 1 is 1.09 bits per heavy atom. The van der Waals surface area contributed by atoms with Gasteiger partial charge in [0.05, 0.1) is 21.5 Å². The fourth-order valence-corrected chi connectivity index (χ4v) is 3.65. The van der Waals surface area contributed by atoms with Crippen molar-refractivity contribution in [2.24, 2.45) is 0 Å². The van der Waals surface area contributed by atoms with Crippen LogP contribution in [-0.4, -0.2) is 20.4 Å². The summed E-state index contributed by atoms with van der Waals surface area (Å²) in [5.74, 6) is 0.0275. The number of halogens is 1. The number of hydrogen-bond acceptors (Lipinski definition) is 5. The Labute approximate surface area is 187 Å². The molecule has 3 aromatic carbocycles. The van der Waals surface area contributed by atoms with E-state index >= 15 is 0 Å². The van der Waals surface area contributed by atoms with Crippen LogP contribution in [-0.2, 0) is 0 Å². The number of aryl methyl sites for hydroxylation is 2. The molecule has 160 valence electrons. The Balaban J connectivity index is 1.67. The molecule has 0 radical (unpaired) electrons. The second-order valence-electron chi connectivity index (χ2n) is 7.19. The Morgan fingerprint density at radius 3 is 2.56 bits per heavy atom. The van der Waals surface area contributed by atoms with Gasteiger partial charge in [0.1, 0.15) is 10.8 Å². The molecule has 0 saturated carbocycles. The topological polar surface area (TPSA) is 107 Å². The van der Waals surface area contributed by atoms with Crippen LogP contribution in [0.1, 0.15) is 21.7 Å². The lowest BCUT2D eigenvalue weighted by Crippen LogP contribution is -2.22. The molecule has 4 aromatic rings. The van der Waals surface area contributed by atoms with Crippen LogP contribution in [0.2, 0.25) is 5.02 Å². The summed E-state index contributed by atoms with van der Waals surface area (Å²) in [7, 11) is 0. The second-order valence-corrected chi connectivity index (χ2v) is 7.60. The first kappa shape index (κ1) is 21.2. The van der Waals surface area contributed by atoms with Gasteiger partial charge in [-0.1, -0.05) is 23.7 Å². The maximum Gasteiger partial charge on any atom is 0.288 e. The quantitative estimate of drug-likeness (QED) is 0.356. The Kier molecular flexibility index (Phi) is 5.46. The van der Waals surface area contributed by atoms with E-state index in [1.807, 2.05) is 6.07 Å². The predicted molar refractivity (Wildman–Crippen MR) is 123 cm³/mol. The van der Waals surface area contributed by atoms with E-state index in [0.717, 1.165) is 6.07 Å². The number of nitrogens with zero attached hydrogens (tertiary/aromatic N) is 3. The molecular weight excluding hydrogens is 432 g/mol. The molecule has 0 saturated heterocycles. The molecular formula is C23H17ClN4O4. The Bertz CT molecular complexity index is 1460. The van der Waals surface area contributed by atoms with Gasteiger partial charge in [0, 0.05) is 17.3 Å². The zero-order valence-corrected chi connectivity index (χ0v) is 17.9. The minimum Gasteiger partial charge on any atom is -0.322 e. The molecule has 32 heavy (non-hydrogen) atoms. The molecule has 1 amide bonds. The third kappa shape index (κ3) is 3.83. The van der Waals surface area contributed by atoms with Gasteiger partial charge in [0.25, 0.3) is 17.2 Å². The Morgan fingerprint density at radius 2 is 1.84 bits per heavy atom. The highest BCUT2D eigenvalue weighted by Crippen LogP contribution is 2.26. The zero-order chi connectivity index (χ0) is 23.0. The van der Waals surface area contributed by atoms with Gasteiger partial charge in [0.15, 0.2) is 0 Å². The largest absolute Gasteiger partial charge is 0.322 e. The van der Waals surface area contributed by atoms with Crippen molar-refractivity contribution in [2.75, 3.05) is 5.32 Å². The number of amides is 1. The van der Waals surface area contributed by atoms with E-state index in [1.165, 1.54) is 16.7 Å². The van der Waals surface area contributed by atoms with Crippen LogP contribution in [0.3, 0.4) is 0 Å². The monoisotopic (exact) mass is 448 g/mol. The third-order valence-electron chi connectivity index (χ3n) is 5.06. The molecule has 0 spiro atoms. The molecule has 0 fully saturated rings. The fourth-order valence-electron chi connectivity index (χ4n) is 3.46. The molecule has 1 heterocycles. The second kappa shape index (κ2) is 8.24. The third-order valence-corrected chi connectivity index (χ3v) is 5.38. The van der Waals surface area contributed by atoms with Crippen molar-refractivity contribution in [3.63, 3.8) is 0 Å². The normalized spacial score (nSPS) is 10.8. The molecule has 0 aliphatic carbocycles. The van der Waals surface area contributed by atoms with Gasteiger partial charge in [0.2, 0.25) is 0 Å². The van der Waals surface area contributed by atoms with Gasteiger partial charge in [-0.3, -0.25) is 24.3 Å². The van der Waals surface area contributed by atoms with Crippen molar-refractivity contribution in [1.82, 2.24) is 9.55 Å². The number of hydrogen-bond donors (Lipinski definition) is 1. The summed E-state index contributed by atoms with van der Waals surface area (Å²) in [6.07, 6.45) is 0. The van der Waals surface area contributed by atoms with Crippen molar-refractivity contribution in [1.29, 1.82) is 0 Å². The van der Waals surface area contributed by atoms with Crippen LogP contribution in [0, 0.1) is 24.0 Å². The van der Waals surface area contributed by atoms with E-state index in [-0.39, 0.29) is 21.8 Å². The van der Waals surface area contributed by atoms with Crippen molar-refractivity contribution in [3.8, 4) is 5.69 Å². The first-order chi connectivity index (χ1) is 15.3. The summed E-state index contributed by atoms with van der Waals surface area (Å²) in [6.45, 7) is 3.55. The minimum absolute atomic E-state index is 0.0445. The van der Waals surface area contributed by atoms with E-state index in [2.05, 4.69) is 10.3 Å². The number of carbonyl (C=O) groups excluding carboxylic acids is 1. The van der Waals surface area contributed by atoms with Gasteiger partial charge in [-0.05, 0) is 61.9 Å². The van der Waals surface area contributed by atoms with Crippen LogP contribution in [0.4, 0.5) is 11.4 Å². The number of anilines is 1. The highest BCUT2D eigenvalue weighted by atomic mass is 35.5. The van der Waals surface area contributed by atoms with Gasteiger partial charge < -0.3 is 5.32 Å². The van der Waals surface area contributed by atoms with E-state index in [9.17, 15) is 19.7 Å². The molecule has 0 unspecified atom stereocenters. The van der Waals surface area contributed by atoms with Crippen LogP contribution >= 0.6 is 11.6 Å². The maximum absolute atomic E-state index is 13.0. The molecule has 9 heteroatoms. The molecule has 0 aliphatic heterocycles. The molecule has 1 N–H and O–H groups in total. The maximum atomic E-state index is 13.0. The summed E-state index contributed by atoms with van der Waals surface area (Å²) in [5, 5.41) is 14.3. The van der Waals surface area contributed by atoms with E-state index in [4.69, 9.17) is 11.6 Å². The lowest BCUT2D eigenvalue weighted by molar-refractivity contribution is -0.384. The Hall–Kier alpha value is -4.04. The van der Waals surface area contributed by atoms with Crippen molar-refractivity contribution in [2.45, 2.75) is 13.8 Å². The first-order valence-corrected chi connectivity index (χ1v) is 9.99. The summed E-state index contributed by atoms with van der Waals surface area (Å²) in [5.41, 5.74) is 2.04. The first-order valence-electron chi connectivity index (χ1n) is 9.61.